The Morgan fingerprint density at radius 1 is 1.20 bits per heavy atom. The van der Waals surface area contributed by atoms with Gasteiger partial charge in [0.15, 0.2) is 0 Å². The van der Waals surface area contributed by atoms with Crippen molar-refractivity contribution >= 4 is 11.9 Å². The summed E-state index contributed by atoms with van der Waals surface area (Å²) in [7, 11) is 2.67. The van der Waals surface area contributed by atoms with Crippen LogP contribution in [-0.4, -0.2) is 26.2 Å². The van der Waals surface area contributed by atoms with E-state index in [1.807, 2.05) is 13.0 Å². The number of carbonyl (C=O) groups is 2. The summed E-state index contributed by atoms with van der Waals surface area (Å²) < 4.78 is 9.36. The zero-order valence-electron chi connectivity index (χ0n) is 9.28. The first kappa shape index (κ1) is 11.8. The highest BCUT2D eigenvalue weighted by Crippen LogP contribution is 2.31. The first-order valence-electron chi connectivity index (χ1n) is 4.91. The molecule has 0 amide bonds. The van der Waals surface area contributed by atoms with E-state index in [-0.39, 0.29) is 11.9 Å². The standard InChI is InChI=1S/C11H16O4/c1-7-4-5-8(10(12)14-2)9(6-7)11(13)15-3/h4,8-9H,5-6H2,1-3H3. The molecule has 4 heteroatoms. The van der Waals surface area contributed by atoms with Crippen molar-refractivity contribution < 1.29 is 19.1 Å². The number of ether oxygens (including phenoxy) is 2. The van der Waals surface area contributed by atoms with E-state index in [9.17, 15) is 9.59 Å². The Morgan fingerprint density at radius 3 is 2.27 bits per heavy atom. The van der Waals surface area contributed by atoms with E-state index in [0.29, 0.717) is 12.8 Å². The average Bonchev–Trinajstić information content (AvgIpc) is 2.26. The first-order chi connectivity index (χ1) is 7.10. The topological polar surface area (TPSA) is 52.6 Å². The van der Waals surface area contributed by atoms with Gasteiger partial charge < -0.3 is 9.47 Å². The Labute approximate surface area is 89.2 Å². The molecular weight excluding hydrogens is 196 g/mol. The maximum atomic E-state index is 11.5. The number of allylic oxidation sites excluding steroid dienone is 2. The molecule has 15 heavy (non-hydrogen) atoms. The van der Waals surface area contributed by atoms with Crippen LogP contribution in [0.15, 0.2) is 11.6 Å². The van der Waals surface area contributed by atoms with E-state index >= 15 is 0 Å². The van der Waals surface area contributed by atoms with E-state index in [4.69, 9.17) is 0 Å². The fraction of sp³-hybridized carbons (Fsp3) is 0.636. The molecule has 0 aromatic heterocycles. The monoisotopic (exact) mass is 212 g/mol. The second-order valence-corrected chi connectivity index (χ2v) is 3.75. The lowest BCUT2D eigenvalue weighted by molar-refractivity contribution is -0.157. The molecule has 0 fully saturated rings. The van der Waals surface area contributed by atoms with Crippen molar-refractivity contribution in [2.75, 3.05) is 14.2 Å². The minimum Gasteiger partial charge on any atom is -0.469 e. The number of carbonyl (C=O) groups excluding carboxylic acids is 2. The molecule has 1 aliphatic carbocycles. The summed E-state index contributed by atoms with van der Waals surface area (Å²) in [5.41, 5.74) is 1.12. The maximum Gasteiger partial charge on any atom is 0.309 e. The van der Waals surface area contributed by atoms with Gasteiger partial charge in [0, 0.05) is 0 Å². The molecule has 4 nitrogen and oxygen atoms in total. The van der Waals surface area contributed by atoms with Crippen LogP contribution >= 0.6 is 0 Å². The second kappa shape index (κ2) is 4.96. The number of hydrogen-bond donors (Lipinski definition) is 0. The predicted octanol–water partition coefficient (Wildman–Crippen LogP) is 1.30. The van der Waals surface area contributed by atoms with Crippen LogP contribution in [0.2, 0.25) is 0 Å². The smallest absolute Gasteiger partial charge is 0.309 e. The number of methoxy groups -OCH3 is 2. The van der Waals surface area contributed by atoms with Gasteiger partial charge in [0.2, 0.25) is 0 Å². The molecule has 0 saturated carbocycles. The van der Waals surface area contributed by atoms with Crippen LogP contribution in [0, 0.1) is 11.8 Å². The number of esters is 2. The molecular formula is C11H16O4. The minimum atomic E-state index is -0.397. The molecule has 2 unspecified atom stereocenters. The van der Waals surface area contributed by atoms with E-state index in [1.165, 1.54) is 14.2 Å². The maximum absolute atomic E-state index is 11.5. The van der Waals surface area contributed by atoms with Crippen LogP contribution in [0.5, 0.6) is 0 Å². The molecule has 84 valence electrons. The Bertz CT molecular complexity index is 293. The lowest BCUT2D eigenvalue weighted by Crippen LogP contribution is -2.33. The summed E-state index contributed by atoms with van der Waals surface area (Å²) in [5, 5.41) is 0. The molecule has 1 aliphatic rings. The summed E-state index contributed by atoms with van der Waals surface area (Å²) in [6, 6.07) is 0. The Hall–Kier alpha value is -1.32. The molecule has 0 aromatic carbocycles. The summed E-state index contributed by atoms with van der Waals surface area (Å²) in [6.45, 7) is 1.95. The van der Waals surface area contributed by atoms with Crippen LogP contribution in [0.3, 0.4) is 0 Å². The SMILES string of the molecule is COC(=O)C1CC=C(C)CC1C(=O)OC. The van der Waals surface area contributed by atoms with Gasteiger partial charge in [-0.05, 0) is 19.8 Å². The van der Waals surface area contributed by atoms with Gasteiger partial charge in [-0.25, -0.2) is 0 Å². The van der Waals surface area contributed by atoms with Gasteiger partial charge in [-0.2, -0.15) is 0 Å². The second-order valence-electron chi connectivity index (χ2n) is 3.75. The number of hydrogen-bond acceptors (Lipinski definition) is 4. The Balaban J connectivity index is 2.84. The summed E-state index contributed by atoms with van der Waals surface area (Å²) in [6.07, 6.45) is 3.10. The van der Waals surface area contributed by atoms with E-state index in [0.717, 1.165) is 5.57 Å². The molecule has 0 saturated heterocycles. The normalized spacial score (nSPS) is 25.4. The van der Waals surface area contributed by atoms with Crippen LogP contribution in [-0.2, 0) is 19.1 Å². The third-order valence-electron chi connectivity index (χ3n) is 2.76. The fourth-order valence-corrected chi connectivity index (χ4v) is 1.88. The highest BCUT2D eigenvalue weighted by molar-refractivity contribution is 5.82. The average molecular weight is 212 g/mol. The van der Waals surface area contributed by atoms with Crippen molar-refractivity contribution in [2.24, 2.45) is 11.8 Å². The van der Waals surface area contributed by atoms with Crippen LogP contribution in [0.4, 0.5) is 0 Å². The Kier molecular flexibility index (Phi) is 3.88. The third-order valence-corrected chi connectivity index (χ3v) is 2.76. The highest BCUT2D eigenvalue weighted by Gasteiger charge is 2.36. The van der Waals surface area contributed by atoms with E-state index in [1.54, 1.807) is 0 Å². The Morgan fingerprint density at radius 2 is 1.73 bits per heavy atom. The van der Waals surface area contributed by atoms with Crippen LogP contribution < -0.4 is 0 Å². The van der Waals surface area contributed by atoms with Gasteiger partial charge in [-0.3, -0.25) is 9.59 Å². The molecule has 0 radical (unpaired) electrons. The van der Waals surface area contributed by atoms with Crippen molar-refractivity contribution in [3.8, 4) is 0 Å². The zero-order valence-corrected chi connectivity index (χ0v) is 9.28. The van der Waals surface area contributed by atoms with Gasteiger partial charge in [0.25, 0.3) is 0 Å². The largest absolute Gasteiger partial charge is 0.469 e. The molecule has 1 rings (SSSR count). The molecule has 0 aromatic rings. The van der Waals surface area contributed by atoms with Gasteiger partial charge in [-0.15, -0.1) is 0 Å². The van der Waals surface area contributed by atoms with Crippen molar-refractivity contribution in [2.45, 2.75) is 19.8 Å². The zero-order chi connectivity index (χ0) is 11.4. The molecule has 0 bridgehead atoms. The summed E-state index contributed by atoms with van der Waals surface area (Å²) >= 11 is 0. The van der Waals surface area contributed by atoms with Crippen LogP contribution in [0.25, 0.3) is 0 Å². The van der Waals surface area contributed by atoms with Gasteiger partial charge in [0.1, 0.15) is 0 Å². The van der Waals surface area contributed by atoms with Crippen LogP contribution in [0.1, 0.15) is 19.8 Å². The van der Waals surface area contributed by atoms with Crippen molar-refractivity contribution in [1.82, 2.24) is 0 Å². The van der Waals surface area contributed by atoms with Crippen molar-refractivity contribution in [3.05, 3.63) is 11.6 Å². The fourth-order valence-electron chi connectivity index (χ4n) is 1.88. The molecule has 0 N–H and O–H groups in total. The predicted molar refractivity (Wildman–Crippen MR) is 54.0 cm³/mol. The van der Waals surface area contributed by atoms with Gasteiger partial charge in [0.05, 0.1) is 26.1 Å². The van der Waals surface area contributed by atoms with E-state index in [2.05, 4.69) is 9.47 Å². The lowest BCUT2D eigenvalue weighted by atomic mass is 9.80. The van der Waals surface area contributed by atoms with Crippen molar-refractivity contribution in [1.29, 1.82) is 0 Å². The molecule has 0 spiro atoms. The van der Waals surface area contributed by atoms with Gasteiger partial charge in [-0.1, -0.05) is 11.6 Å². The quantitative estimate of drug-likeness (QED) is 0.511. The third kappa shape index (κ3) is 2.58. The summed E-state index contributed by atoms with van der Waals surface area (Å²) in [4.78, 5) is 22.9. The van der Waals surface area contributed by atoms with E-state index < -0.39 is 11.8 Å². The minimum absolute atomic E-state index is 0.335. The molecule has 2 atom stereocenters. The summed E-state index contributed by atoms with van der Waals surface area (Å²) in [5.74, 6) is -1.47. The molecule has 0 heterocycles. The lowest BCUT2D eigenvalue weighted by Gasteiger charge is -2.26. The number of rotatable bonds is 2. The van der Waals surface area contributed by atoms with Gasteiger partial charge >= 0.3 is 11.9 Å². The first-order valence-corrected chi connectivity index (χ1v) is 4.91. The highest BCUT2D eigenvalue weighted by atomic mass is 16.5. The van der Waals surface area contributed by atoms with Crippen molar-refractivity contribution in [3.63, 3.8) is 0 Å². The molecule has 0 aliphatic heterocycles.